The summed E-state index contributed by atoms with van der Waals surface area (Å²) in [5, 5.41) is 12.1. The van der Waals surface area contributed by atoms with Crippen molar-refractivity contribution in [3.63, 3.8) is 0 Å². The number of phenolic OH excluding ortho intramolecular Hbond substituents is 1. The number of nitrogens with zero attached hydrogens (tertiary/aromatic N) is 2. The van der Waals surface area contributed by atoms with E-state index in [2.05, 4.69) is 10.2 Å². The largest absolute Gasteiger partial charge is 0.508 e. The van der Waals surface area contributed by atoms with Crippen molar-refractivity contribution in [2.75, 3.05) is 0 Å². The maximum atomic E-state index is 12.0. The minimum absolute atomic E-state index is 0.0220. The molecule has 0 radical (unpaired) electrons. The van der Waals surface area contributed by atoms with Gasteiger partial charge in [-0.15, -0.1) is 4.91 Å². The highest BCUT2D eigenvalue weighted by molar-refractivity contribution is 6.01. The van der Waals surface area contributed by atoms with Crippen LogP contribution in [0.15, 0.2) is 47.8 Å². The number of aromatic nitrogens is 1. The smallest absolute Gasteiger partial charge is 0.171 e. The molecule has 5 nitrogen and oxygen atoms in total. The molecule has 0 aliphatic heterocycles. The van der Waals surface area contributed by atoms with E-state index in [1.807, 2.05) is 0 Å². The molecule has 18 heavy (non-hydrogen) atoms. The van der Waals surface area contributed by atoms with Crippen molar-refractivity contribution in [3.8, 4) is 5.75 Å². The quantitative estimate of drug-likeness (QED) is 0.660. The first-order chi connectivity index (χ1) is 8.70. The fraction of sp³-hybridized carbons (Fsp3) is 0.0769. The van der Waals surface area contributed by atoms with Crippen LogP contribution in [0.2, 0.25) is 0 Å². The van der Waals surface area contributed by atoms with Crippen LogP contribution in [0.3, 0.4) is 0 Å². The summed E-state index contributed by atoms with van der Waals surface area (Å²) in [5.41, 5.74) is 0.729. The first-order valence-corrected chi connectivity index (χ1v) is 5.30. The average molecular weight is 242 g/mol. The van der Waals surface area contributed by atoms with E-state index in [9.17, 15) is 14.8 Å². The number of Topliss-reactive ketones (excluding diaryl/α,β-unsaturated/α-hetero) is 1. The van der Waals surface area contributed by atoms with E-state index in [0.717, 1.165) is 0 Å². The van der Waals surface area contributed by atoms with Crippen LogP contribution in [-0.2, 0) is 6.42 Å². The number of benzene rings is 1. The van der Waals surface area contributed by atoms with Gasteiger partial charge in [0, 0.05) is 11.9 Å². The summed E-state index contributed by atoms with van der Waals surface area (Å²) in [6, 6.07) is 9.11. The monoisotopic (exact) mass is 242 g/mol. The predicted octanol–water partition coefficient (Wildman–Crippen LogP) is 2.61. The predicted molar refractivity (Wildman–Crippen MR) is 65.8 cm³/mol. The summed E-state index contributed by atoms with van der Waals surface area (Å²) in [6.45, 7) is 0. The highest BCUT2D eigenvalue weighted by atomic mass is 16.3. The Kier molecular flexibility index (Phi) is 3.43. The summed E-state index contributed by atoms with van der Waals surface area (Å²) in [7, 11) is 0. The van der Waals surface area contributed by atoms with E-state index in [-0.39, 0.29) is 29.2 Å². The highest BCUT2D eigenvalue weighted by Gasteiger charge is 2.14. The molecular weight excluding hydrogens is 232 g/mol. The number of hydrogen-bond acceptors (Lipinski definition) is 5. The lowest BCUT2D eigenvalue weighted by atomic mass is 10.0. The maximum Gasteiger partial charge on any atom is 0.171 e. The minimum Gasteiger partial charge on any atom is -0.508 e. The minimum atomic E-state index is -0.306. The molecule has 1 aromatic heterocycles. The normalized spacial score (nSPS) is 10.0. The number of aromatic hydroxyl groups is 1. The van der Waals surface area contributed by atoms with Gasteiger partial charge in [0.1, 0.15) is 11.4 Å². The number of nitroso groups, excluding NO2 is 1. The molecule has 5 heteroatoms. The molecule has 0 amide bonds. The van der Waals surface area contributed by atoms with Crippen LogP contribution in [0.25, 0.3) is 0 Å². The number of carbonyl (C=O) groups is 1. The number of pyridine rings is 1. The second-order valence-electron chi connectivity index (χ2n) is 3.71. The van der Waals surface area contributed by atoms with Gasteiger partial charge in [-0.2, -0.15) is 0 Å². The van der Waals surface area contributed by atoms with Gasteiger partial charge in [-0.1, -0.05) is 6.07 Å². The molecule has 1 aromatic carbocycles. The Morgan fingerprint density at radius 3 is 2.78 bits per heavy atom. The van der Waals surface area contributed by atoms with Crippen molar-refractivity contribution in [3.05, 3.63) is 58.8 Å². The van der Waals surface area contributed by atoms with Crippen molar-refractivity contribution in [2.45, 2.75) is 6.42 Å². The first kappa shape index (κ1) is 11.9. The molecule has 2 aromatic rings. The van der Waals surface area contributed by atoms with E-state index in [1.165, 1.54) is 18.2 Å². The first-order valence-electron chi connectivity index (χ1n) is 5.30. The van der Waals surface area contributed by atoms with Crippen molar-refractivity contribution in [1.29, 1.82) is 0 Å². The Hall–Kier alpha value is -2.56. The van der Waals surface area contributed by atoms with Crippen LogP contribution in [0.1, 0.15) is 16.1 Å². The third-order valence-electron chi connectivity index (χ3n) is 2.45. The molecule has 1 heterocycles. The lowest BCUT2D eigenvalue weighted by Gasteiger charge is -2.03. The molecule has 0 saturated heterocycles. The number of rotatable bonds is 4. The Morgan fingerprint density at radius 2 is 2.11 bits per heavy atom. The summed E-state index contributed by atoms with van der Waals surface area (Å²) in [5.74, 6) is -0.383. The number of phenols is 1. The lowest BCUT2D eigenvalue weighted by molar-refractivity contribution is 0.0992. The van der Waals surface area contributed by atoms with Crippen molar-refractivity contribution < 1.29 is 9.90 Å². The van der Waals surface area contributed by atoms with Gasteiger partial charge >= 0.3 is 0 Å². The molecule has 0 saturated carbocycles. The Labute approximate surface area is 103 Å². The average Bonchev–Trinajstić information content (AvgIpc) is 2.40. The standard InChI is InChI=1S/C13H10N2O3/c16-10-4-5-12(15-18)11(8-10)13(17)7-9-3-1-2-6-14-9/h1-6,8,16H,7H2. The van der Waals surface area contributed by atoms with Gasteiger partial charge in [0.05, 0.1) is 12.0 Å². The molecule has 0 aliphatic rings. The van der Waals surface area contributed by atoms with Gasteiger partial charge in [0.25, 0.3) is 0 Å². The second-order valence-corrected chi connectivity index (χ2v) is 3.71. The van der Waals surface area contributed by atoms with Gasteiger partial charge < -0.3 is 5.11 Å². The zero-order chi connectivity index (χ0) is 13.0. The lowest BCUT2D eigenvalue weighted by Crippen LogP contribution is -2.05. The Balaban J connectivity index is 2.29. The zero-order valence-corrected chi connectivity index (χ0v) is 9.41. The van der Waals surface area contributed by atoms with Gasteiger partial charge in [-0.05, 0) is 35.5 Å². The topological polar surface area (TPSA) is 79.6 Å². The fourth-order valence-corrected chi connectivity index (χ4v) is 1.59. The fourth-order valence-electron chi connectivity index (χ4n) is 1.59. The van der Waals surface area contributed by atoms with E-state index in [4.69, 9.17) is 0 Å². The van der Waals surface area contributed by atoms with Gasteiger partial charge in [-0.3, -0.25) is 9.78 Å². The van der Waals surface area contributed by atoms with E-state index >= 15 is 0 Å². The van der Waals surface area contributed by atoms with Gasteiger partial charge in [-0.25, -0.2) is 0 Å². The summed E-state index contributed by atoms with van der Waals surface area (Å²) >= 11 is 0. The molecule has 0 aliphatic carbocycles. The Bertz CT molecular complexity index is 582. The number of hydrogen-bond donors (Lipinski definition) is 1. The SMILES string of the molecule is O=Nc1ccc(O)cc1C(=O)Cc1ccccn1. The molecule has 0 fully saturated rings. The molecule has 90 valence electrons. The molecular formula is C13H10N2O3. The highest BCUT2D eigenvalue weighted by Crippen LogP contribution is 2.24. The van der Waals surface area contributed by atoms with Crippen LogP contribution in [0.5, 0.6) is 5.75 Å². The van der Waals surface area contributed by atoms with Crippen molar-refractivity contribution in [2.24, 2.45) is 5.18 Å². The van der Waals surface area contributed by atoms with Gasteiger partial charge in [0.2, 0.25) is 0 Å². The van der Waals surface area contributed by atoms with E-state index < -0.39 is 0 Å². The third kappa shape index (κ3) is 2.57. The molecule has 0 unspecified atom stereocenters. The molecule has 2 rings (SSSR count). The van der Waals surface area contributed by atoms with Gasteiger partial charge in [0.15, 0.2) is 5.78 Å². The van der Waals surface area contributed by atoms with Crippen LogP contribution < -0.4 is 0 Å². The van der Waals surface area contributed by atoms with E-state index in [1.54, 1.807) is 24.4 Å². The summed E-state index contributed by atoms with van der Waals surface area (Å²) in [4.78, 5) is 26.6. The second kappa shape index (κ2) is 5.18. The molecule has 0 atom stereocenters. The van der Waals surface area contributed by atoms with Crippen LogP contribution in [-0.4, -0.2) is 15.9 Å². The van der Waals surface area contributed by atoms with Crippen LogP contribution >= 0.6 is 0 Å². The van der Waals surface area contributed by atoms with Crippen molar-refractivity contribution in [1.82, 2.24) is 4.98 Å². The molecule has 1 N–H and O–H groups in total. The molecule has 0 spiro atoms. The number of ketones is 1. The van der Waals surface area contributed by atoms with E-state index in [0.29, 0.717) is 5.69 Å². The Morgan fingerprint density at radius 1 is 1.28 bits per heavy atom. The summed E-state index contributed by atoms with van der Waals surface area (Å²) in [6.07, 6.45) is 1.65. The molecule has 0 bridgehead atoms. The van der Waals surface area contributed by atoms with Crippen molar-refractivity contribution >= 4 is 11.5 Å². The third-order valence-corrected chi connectivity index (χ3v) is 2.45. The number of carbonyl (C=O) groups excluding carboxylic acids is 1. The van der Waals surface area contributed by atoms with Crippen LogP contribution in [0.4, 0.5) is 5.69 Å². The maximum absolute atomic E-state index is 12.0. The zero-order valence-electron chi connectivity index (χ0n) is 9.41. The van der Waals surface area contributed by atoms with Crippen LogP contribution in [0, 0.1) is 4.91 Å². The summed E-state index contributed by atoms with van der Waals surface area (Å²) < 4.78 is 0.